The number of nitrogens with one attached hydrogen (secondary N) is 1. The van der Waals surface area contributed by atoms with Gasteiger partial charge in [0.2, 0.25) is 0 Å². The minimum absolute atomic E-state index is 0.0703. The van der Waals surface area contributed by atoms with Gasteiger partial charge in [-0.25, -0.2) is 18.7 Å². The fourth-order valence-corrected chi connectivity index (χ4v) is 4.01. The van der Waals surface area contributed by atoms with Gasteiger partial charge in [-0.15, -0.1) is 10.7 Å². The molecule has 4 rings (SSSR count). The normalized spacial score (nSPS) is 12.2. The molecule has 7 nitrogen and oxygen atoms in total. The second-order valence-corrected chi connectivity index (χ2v) is 9.40. The molecule has 0 bridgehead atoms. The van der Waals surface area contributed by atoms with E-state index in [1.165, 1.54) is 18.5 Å². The molecule has 2 aromatic heterocycles. The van der Waals surface area contributed by atoms with Crippen LogP contribution in [-0.2, 0) is 17.2 Å². The lowest BCUT2D eigenvalue weighted by atomic mass is 10.1. The van der Waals surface area contributed by atoms with Crippen LogP contribution < -0.4 is 10.1 Å². The lowest BCUT2D eigenvalue weighted by Crippen LogP contribution is -2.20. The zero-order valence-corrected chi connectivity index (χ0v) is 19.2. The number of anilines is 2. The van der Waals surface area contributed by atoms with E-state index in [1.807, 2.05) is 38.2 Å². The highest BCUT2D eigenvalue weighted by molar-refractivity contribution is 7.85. The van der Waals surface area contributed by atoms with Gasteiger partial charge in [0.05, 0.1) is 23.4 Å². The molecular weight excluding hydrogens is 427 g/mol. The summed E-state index contributed by atoms with van der Waals surface area (Å²) < 4.78 is 26.5. The molecule has 166 valence electrons. The third-order valence-corrected chi connectivity index (χ3v) is 5.31. The minimum Gasteiger partial charge on any atom is -0.486 e. The lowest BCUT2D eigenvalue weighted by Gasteiger charge is -2.19. The van der Waals surface area contributed by atoms with Gasteiger partial charge >= 0.3 is 0 Å². The van der Waals surface area contributed by atoms with E-state index in [0.717, 1.165) is 22.2 Å². The molecule has 0 spiro atoms. The van der Waals surface area contributed by atoms with Gasteiger partial charge in [-0.2, -0.15) is 5.10 Å². The van der Waals surface area contributed by atoms with Crippen molar-refractivity contribution >= 4 is 38.8 Å². The van der Waals surface area contributed by atoms with Crippen molar-refractivity contribution in [3.63, 3.8) is 0 Å². The highest BCUT2D eigenvalue weighted by atomic mass is 32.2. The van der Waals surface area contributed by atoms with Gasteiger partial charge in [0.1, 0.15) is 29.8 Å². The maximum absolute atomic E-state index is 14.0. The van der Waals surface area contributed by atoms with Crippen molar-refractivity contribution in [2.75, 3.05) is 17.8 Å². The zero-order chi connectivity index (χ0) is 22.7. The van der Waals surface area contributed by atoms with Crippen LogP contribution in [0.3, 0.4) is 0 Å². The van der Waals surface area contributed by atoms with Crippen LogP contribution in [0, 0.1) is 12.7 Å². The Morgan fingerprint density at radius 3 is 2.81 bits per heavy atom. The number of hydrogen-bond donors (Lipinski definition) is 1. The van der Waals surface area contributed by atoms with E-state index < -0.39 is 0 Å². The monoisotopic (exact) mass is 452 g/mol. The van der Waals surface area contributed by atoms with Gasteiger partial charge < -0.3 is 10.1 Å². The van der Waals surface area contributed by atoms with Crippen molar-refractivity contribution < 1.29 is 9.13 Å². The number of hydrogen-bond acceptors (Lipinski definition) is 6. The largest absolute Gasteiger partial charge is 0.486 e. The molecule has 0 saturated carbocycles. The minimum atomic E-state index is -0.374. The van der Waals surface area contributed by atoms with Gasteiger partial charge in [-0.3, -0.25) is 4.68 Å². The summed E-state index contributed by atoms with van der Waals surface area (Å²) in [4.78, 5) is 8.87. The first-order valence-electron chi connectivity index (χ1n) is 10.1. The Balaban J connectivity index is 1.66. The van der Waals surface area contributed by atoms with Gasteiger partial charge in [0.25, 0.3) is 0 Å². The van der Waals surface area contributed by atoms with Crippen LogP contribution in [0.2, 0.25) is 0 Å². The molecule has 2 aromatic carbocycles. The summed E-state index contributed by atoms with van der Waals surface area (Å²) >= 11 is 0. The molecule has 0 amide bonds. The molecule has 2 heterocycles. The summed E-state index contributed by atoms with van der Waals surface area (Å²) in [7, 11) is -0.0703. The predicted octanol–water partition coefficient (Wildman–Crippen LogP) is 5.18. The van der Waals surface area contributed by atoms with Crippen molar-refractivity contribution in [2.45, 2.75) is 26.5 Å². The lowest BCUT2D eigenvalue weighted by molar-refractivity contribution is 0.194. The molecule has 0 aliphatic carbocycles. The van der Waals surface area contributed by atoms with Gasteiger partial charge in [-0.1, -0.05) is 0 Å². The number of fused-ring (bicyclic) bond motifs is 1. The smallest absolute Gasteiger partial charge is 0.146 e. The first kappa shape index (κ1) is 21.9. The topological polar surface area (TPSA) is 77.2 Å². The van der Waals surface area contributed by atoms with E-state index in [1.54, 1.807) is 16.9 Å². The van der Waals surface area contributed by atoms with Crippen molar-refractivity contribution in [2.24, 2.45) is 4.36 Å². The maximum Gasteiger partial charge on any atom is 0.146 e. The number of aryl methyl sites for hydroxylation is 1. The van der Waals surface area contributed by atoms with Crippen molar-refractivity contribution in [1.29, 1.82) is 0 Å². The summed E-state index contributed by atoms with van der Waals surface area (Å²) in [6.07, 6.45) is 9.00. The zero-order valence-electron chi connectivity index (χ0n) is 18.4. The van der Waals surface area contributed by atoms with Crippen LogP contribution >= 0.6 is 0 Å². The Morgan fingerprint density at radius 1 is 1.22 bits per heavy atom. The second kappa shape index (κ2) is 9.44. The summed E-state index contributed by atoms with van der Waals surface area (Å²) in [5, 5.41) is 8.40. The van der Waals surface area contributed by atoms with E-state index >= 15 is 0 Å². The highest BCUT2D eigenvalue weighted by Gasteiger charge is 2.14. The summed E-state index contributed by atoms with van der Waals surface area (Å²) in [5.74, 6) is 0.658. The molecule has 32 heavy (non-hydrogen) atoms. The van der Waals surface area contributed by atoms with Gasteiger partial charge in [-0.05, 0) is 62.3 Å². The molecule has 1 atom stereocenters. The maximum atomic E-state index is 14.0. The first-order chi connectivity index (χ1) is 15.4. The SMILES string of the molecule is Cc1cc(N=S(C)C)cc2ncnc(Nc3ccc(F)cc3OC(C)Cn3cccn3)c12. The van der Waals surface area contributed by atoms with Gasteiger partial charge in [0, 0.05) is 23.8 Å². The van der Waals surface area contributed by atoms with Gasteiger partial charge in [0.15, 0.2) is 0 Å². The van der Waals surface area contributed by atoms with E-state index in [9.17, 15) is 4.39 Å². The molecule has 1 N–H and O–H groups in total. The highest BCUT2D eigenvalue weighted by Crippen LogP contribution is 2.34. The van der Waals surface area contributed by atoms with E-state index in [2.05, 4.69) is 37.3 Å². The second-order valence-electron chi connectivity index (χ2n) is 7.67. The molecular formula is C23H25FN6OS. The quantitative estimate of drug-likeness (QED) is 0.418. The van der Waals surface area contributed by atoms with Crippen molar-refractivity contribution in [3.05, 3.63) is 66.5 Å². The molecule has 0 fully saturated rings. The Labute approximate surface area is 188 Å². The molecule has 0 aliphatic rings. The fourth-order valence-electron chi connectivity index (χ4n) is 3.48. The molecule has 0 aliphatic heterocycles. The average molecular weight is 453 g/mol. The van der Waals surface area contributed by atoms with Crippen LogP contribution in [0.4, 0.5) is 21.6 Å². The Hall–Kier alpha value is -3.33. The Kier molecular flexibility index (Phi) is 6.45. The summed E-state index contributed by atoms with van der Waals surface area (Å²) in [5.41, 5.74) is 3.32. The number of rotatable bonds is 7. The molecule has 0 radical (unpaired) electrons. The molecule has 4 aromatic rings. The third-order valence-electron chi connectivity index (χ3n) is 4.74. The van der Waals surface area contributed by atoms with Crippen molar-refractivity contribution in [3.8, 4) is 5.75 Å². The van der Waals surface area contributed by atoms with Crippen molar-refractivity contribution in [1.82, 2.24) is 19.7 Å². The van der Waals surface area contributed by atoms with E-state index in [4.69, 9.17) is 4.74 Å². The van der Waals surface area contributed by atoms with E-state index in [-0.39, 0.29) is 22.6 Å². The van der Waals surface area contributed by atoms with E-state index in [0.29, 0.717) is 23.8 Å². The number of ether oxygens (including phenoxy) is 1. The molecule has 1 unspecified atom stereocenters. The first-order valence-corrected chi connectivity index (χ1v) is 12.1. The number of halogens is 1. The number of benzene rings is 2. The van der Waals surface area contributed by atoms with Crippen LogP contribution in [0.25, 0.3) is 10.9 Å². The van der Waals surface area contributed by atoms with Crippen LogP contribution in [0.15, 0.2) is 59.5 Å². The standard InChI is InChI=1S/C23H25FN6OS/c1-15-10-18(29-32(3)4)12-20-22(15)23(26-14-25-20)28-19-7-6-17(24)11-21(19)31-16(2)13-30-9-5-8-27-30/h5-12,14,16H,13H2,1-4H3,(H,25,26,28). The fraction of sp³-hybridized carbons (Fsp3) is 0.261. The molecule has 9 heteroatoms. The predicted molar refractivity (Wildman–Crippen MR) is 128 cm³/mol. The Morgan fingerprint density at radius 2 is 2.06 bits per heavy atom. The van der Waals surface area contributed by atoms with Crippen LogP contribution in [0.5, 0.6) is 5.75 Å². The summed E-state index contributed by atoms with van der Waals surface area (Å²) in [6, 6.07) is 10.3. The number of aromatic nitrogens is 4. The summed E-state index contributed by atoms with van der Waals surface area (Å²) in [6.45, 7) is 4.47. The average Bonchev–Trinajstić information content (AvgIpc) is 3.22. The third kappa shape index (κ3) is 5.11. The number of nitrogens with zero attached hydrogens (tertiary/aromatic N) is 5. The Bertz CT molecular complexity index is 1270. The van der Waals surface area contributed by atoms with Crippen LogP contribution in [0.1, 0.15) is 12.5 Å². The molecule has 0 saturated heterocycles. The van der Waals surface area contributed by atoms with Crippen LogP contribution in [-0.4, -0.2) is 38.4 Å².